The van der Waals surface area contributed by atoms with Gasteiger partial charge in [-0.3, -0.25) is 4.79 Å². The minimum atomic E-state index is 0.0728. The topological polar surface area (TPSA) is 34.1 Å². The Bertz CT molecular complexity index is 339. The molecule has 0 aromatic rings. The van der Waals surface area contributed by atoms with Crippen LogP contribution in [-0.2, 0) is 9.59 Å². The second kappa shape index (κ2) is 5.16. The molecule has 0 aromatic carbocycles. The van der Waals surface area contributed by atoms with Crippen molar-refractivity contribution in [1.29, 1.82) is 0 Å². The maximum absolute atomic E-state index is 11.1. The minimum absolute atomic E-state index is 0.0728. The highest BCUT2D eigenvalue weighted by Crippen LogP contribution is 2.57. The first-order chi connectivity index (χ1) is 7.83. The molecule has 1 atom stereocenters. The molecule has 1 aliphatic carbocycles. The zero-order chi connectivity index (χ0) is 13.1. The molecule has 0 N–H and O–H groups in total. The molecule has 1 fully saturated rings. The fourth-order valence-corrected chi connectivity index (χ4v) is 3.03. The van der Waals surface area contributed by atoms with Gasteiger partial charge in [0.15, 0.2) is 0 Å². The Labute approximate surface area is 104 Å². The lowest BCUT2D eigenvalue weighted by molar-refractivity contribution is -0.117. The first kappa shape index (κ1) is 14.1. The highest BCUT2D eigenvalue weighted by atomic mass is 16.1. The van der Waals surface area contributed by atoms with Crippen LogP contribution in [0, 0.1) is 10.8 Å². The van der Waals surface area contributed by atoms with Crippen LogP contribution in [0.5, 0.6) is 0 Å². The van der Waals surface area contributed by atoms with Crippen molar-refractivity contribution in [3.63, 3.8) is 0 Å². The number of ketones is 1. The summed E-state index contributed by atoms with van der Waals surface area (Å²) in [6.07, 6.45) is 7.36. The first-order valence-corrected chi connectivity index (χ1v) is 6.48. The van der Waals surface area contributed by atoms with Gasteiger partial charge in [-0.2, -0.15) is 0 Å². The van der Waals surface area contributed by atoms with Crippen molar-refractivity contribution < 1.29 is 9.59 Å². The van der Waals surface area contributed by atoms with E-state index in [0.29, 0.717) is 6.42 Å². The van der Waals surface area contributed by atoms with Crippen LogP contribution in [0.25, 0.3) is 0 Å². The fourth-order valence-electron chi connectivity index (χ4n) is 3.03. The Hall–Kier alpha value is -0.920. The number of carbonyl (C=O) groups excluding carboxylic acids is 2. The van der Waals surface area contributed by atoms with E-state index < -0.39 is 0 Å². The molecule has 0 spiro atoms. The molecule has 96 valence electrons. The first-order valence-electron chi connectivity index (χ1n) is 6.48. The van der Waals surface area contributed by atoms with Crippen molar-refractivity contribution in [3.8, 4) is 0 Å². The van der Waals surface area contributed by atoms with Crippen molar-refractivity contribution in [1.82, 2.24) is 0 Å². The van der Waals surface area contributed by atoms with Crippen LogP contribution in [0.1, 0.15) is 59.8 Å². The molecule has 1 saturated carbocycles. The molecule has 0 radical (unpaired) electrons. The van der Waals surface area contributed by atoms with Gasteiger partial charge < -0.3 is 4.79 Å². The number of rotatable bonds is 5. The molecular weight excluding hydrogens is 212 g/mol. The van der Waals surface area contributed by atoms with Gasteiger partial charge in [-0.25, -0.2) is 0 Å². The molecule has 1 rings (SSSR count). The lowest BCUT2D eigenvalue weighted by Crippen LogP contribution is -2.32. The van der Waals surface area contributed by atoms with Crippen LogP contribution < -0.4 is 0 Å². The zero-order valence-corrected chi connectivity index (χ0v) is 11.5. The van der Waals surface area contributed by atoms with Crippen LogP contribution in [0.15, 0.2) is 11.6 Å². The zero-order valence-electron chi connectivity index (χ0n) is 11.5. The van der Waals surface area contributed by atoms with E-state index in [1.807, 2.05) is 0 Å². The lowest BCUT2D eigenvalue weighted by atomic mass is 9.64. The second-order valence-electron chi connectivity index (χ2n) is 6.10. The van der Waals surface area contributed by atoms with Gasteiger partial charge >= 0.3 is 0 Å². The average Bonchev–Trinajstić information content (AvgIpc) is 2.49. The SMILES string of the molecule is CC(=O)CCC(=CC=O)C1(C)CCCC1(C)C. The van der Waals surface area contributed by atoms with Gasteiger partial charge in [0.1, 0.15) is 12.1 Å². The summed E-state index contributed by atoms with van der Waals surface area (Å²) in [4.78, 5) is 21.9. The number of hydrogen-bond acceptors (Lipinski definition) is 2. The quantitative estimate of drug-likeness (QED) is 0.539. The summed E-state index contributed by atoms with van der Waals surface area (Å²) >= 11 is 0. The van der Waals surface area contributed by atoms with Gasteiger partial charge in [-0.15, -0.1) is 0 Å². The molecular formula is C15H24O2. The maximum Gasteiger partial charge on any atom is 0.142 e. The van der Waals surface area contributed by atoms with E-state index in [9.17, 15) is 9.59 Å². The van der Waals surface area contributed by atoms with Gasteiger partial charge in [-0.05, 0) is 43.1 Å². The van der Waals surface area contributed by atoms with E-state index >= 15 is 0 Å². The third-order valence-corrected chi connectivity index (χ3v) is 4.70. The minimum Gasteiger partial charge on any atom is -0.300 e. The molecule has 2 heteroatoms. The van der Waals surface area contributed by atoms with E-state index in [4.69, 9.17) is 0 Å². The highest BCUT2D eigenvalue weighted by molar-refractivity contribution is 5.76. The van der Waals surface area contributed by atoms with Gasteiger partial charge in [-0.1, -0.05) is 32.8 Å². The van der Waals surface area contributed by atoms with Crippen LogP contribution in [-0.4, -0.2) is 12.1 Å². The monoisotopic (exact) mass is 236 g/mol. The number of Topliss-reactive ketones (excluding diaryl/α,β-unsaturated/α-hetero) is 1. The number of aldehydes is 1. The Kier molecular flexibility index (Phi) is 4.29. The van der Waals surface area contributed by atoms with Crippen molar-refractivity contribution in [2.24, 2.45) is 10.8 Å². The van der Waals surface area contributed by atoms with Crippen LogP contribution >= 0.6 is 0 Å². The predicted octanol–water partition coefficient (Wildman–Crippen LogP) is 3.70. The predicted molar refractivity (Wildman–Crippen MR) is 69.8 cm³/mol. The highest BCUT2D eigenvalue weighted by Gasteiger charge is 2.46. The van der Waals surface area contributed by atoms with E-state index in [1.54, 1.807) is 13.0 Å². The van der Waals surface area contributed by atoms with Gasteiger partial charge in [0.25, 0.3) is 0 Å². The molecule has 1 aliphatic rings. The fraction of sp³-hybridized carbons (Fsp3) is 0.733. The molecule has 1 unspecified atom stereocenters. The normalized spacial score (nSPS) is 28.1. The summed E-state index contributed by atoms with van der Waals surface area (Å²) in [6, 6.07) is 0. The summed E-state index contributed by atoms with van der Waals surface area (Å²) in [5.41, 5.74) is 1.45. The summed E-state index contributed by atoms with van der Waals surface area (Å²) in [7, 11) is 0. The Balaban J connectivity index is 2.94. The lowest BCUT2D eigenvalue weighted by Gasteiger charge is -2.41. The van der Waals surface area contributed by atoms with Gasteiger partial charge in [0, 0.05) is 6.42 Å². The Morgan fingerprint density at radius 2 is 1.82 bits per heavy atom. The average molecular weight is 236 g/mol. The Morgan fingerprint density at radius 3 is 2.24 bits per heavy atom. The molecule has 17 heavy (non-hydrogen) atoms. The molecule has 2 nitrogen and oxygen atoms in total. The third-order valence-electron chi connectivity index (χ3n) is 4.70. The van der Waals surface area contributed by atoms with E-state index in [-0.39, 0.29) is 16.6 Å². The molecule has 0 aliphatic heterocycles. The standard InChI is InChI=1S/C15H24O2/c1-12(17)6-7-13(8-11-16)15(4)10-5-9-14(15,2)3/h8,11H,5-7,9-10H2,1-4H3. The van der Waals surface area contributed by atoms with Crippen LogP contribution in [0.3, 0.4) is 0 Å². The molecule has 0 bridgehead atoms. The van der Waals surface area contributed by atoms with Gasteiger partial charge in [0.2, 0.25) is 0 Å². The molecule has 0 amide bonds. The van der Waals surface area contributed by atoms with E-state index in [1.165, 1.54) is 12.8 Å². The van der Waals surface area contributed by atoms with E-state index in [2.05, 4.69) is 20.8 Å². The molecule has 0 heterocycles. The third kappa shape index (κ3) is 2.85. The number of allylic oxidation sites excluding steroid dienone is 2. The van der Waals surface area contributed by atoms with Crippen molar-refractivity contribution >= 4 is 12.1 Å². The summed E-state index contributed by atoms with van der Waals surface area (Å²) < 4.78 is 0. The number of carbonyl (C=O) groups is 2. The summed E-state index contributed by atoms with van der Waals surface area (Å²) in [5.74, 6) is 0.196. The summed E-state index contributed by atoms with van der Waals surface area (Å²) in [5, 5.41) is 0. The maximum atomic E-state index is 11.1. The largest absolute Gasteiger partial charge is 0.300 e. The van der Waals surface area contributed by atoms with Crippen LogP contribution in [0.4, 0.5) is 0 Å². The smallest absolute Gasteiger partial charge is 0.142 e. The Morgan fingerprint density at radius 1 is 1.18 bits per heavy atom. The molecule has 0 saturated heterocycles. The van der Waals surface area contributed by atoms with E-state index in [0.717, 1.165) is 24.7 Å². The number of hydrogen-bond donors (Lipinski definition) is 0. The summed E-state index contributed by atoms with van der Waals surface area (Å²) in [6.45, 7) is 8.40. The van der Waals surface area contributed by atoms with Crippen molar-refractivity contribution in [2.45, 2.75) is 59.8 Å². The second-order valence-corrected chi connectivity index (χ2v) is 6.10. The van der Waals surface area contributed by atoms with Crippen molar-refractivity contribution in [2.75, 3.05) is 0 Å². The van der Waals surface area contributed by atoms with Crippen LogP contribution in [0.2, 0.25) is 0 Å². The molecule has 0 aromatic heterocycles. The van der Waals surface area contributed by atoms with Gasteiger partial charge in [0.05, 0.1) is 0 Å². The van der Waals surface area contributed by atoms with Crippen molar-refractivity contribution in [3.05, 3.63) is 11.6 Å².